The molecule has 1 aromatic carbocycles. The number of rotatable bonds is 5. The molecule has 0 aliphatic carbocycles. The van der Waals surface area contributed by atoms with E-state index in [1.165, 1.54) is 0 Å². The van der Waals surface area contributed by atoms with Gasteiger partial charge in [-0.1, -0.05) is 24.3 Å². The Kier molecular flexibility index (Phi) is 5.43. The number of quaternary nitrogens is 1. The van der Waals surface area contributed by atoms with Crippen molar-refractivity contribution in [2.24, 2.45) is 0 Å². The summed E-state index contributed by atoms with van der Waals surface area (Å²) in [6.07, 6.45) is 1.79. The number of hydroxylamine groups is 2. The number of nitrogens with one attached hydrogen (secondary N) is 1. The van der Waals surface area contributed by atoms with Crippen LogP contribution in [-0.4, -0.2) is 55.1 Å². The molecule has 1 unspecified atom stereocenters. The molecule has 0 saturated carbocycles. The van der Waals surface area contributed by atoms with Gasteiger partial charge in [0.1, 0.15) is 13.1 Å². The summed E-state index contributed by atoms with van der Waals surface area (Å²) in [4.78, 5) is 25.0. The van der Waals surface area contributed by atoms with Crippen molar-refractivity contribution in [3.8, 4) is 0 Å². The Hall–Kier alpha value is -2.28. The predicted octanol–water partition coefficient (Wildman–Crippen LogP) is 2.29. The first-order valence-corrected chi connectivity index (χ1v) is 8.59. The zero-order valence-electron chi connectivity index (χ0n) is 14.8. The Labute approximate surface area is 148 Å². The van der Waals surface area contributed by atoms with Crippen LogP contribution in [0.4, 0.5) is 11.5 Å². The fraction of sp³-hybridized carbons (Fsp3) is 0.368. The van der Waals surface area contributed by atoms with Crippen LogP contribution in [0.5, 0.6) is 0 Å². The SMILES string of the molecule is CO[N+]1(c2ccccn2)CCN(C(C)C(=O)Nc2ccccc2)CC1. The van der Waals surface area contributed by atoms with Gasteiger partial charge in [0.15, 0.2) is 0 Å². The van der Waals surface area contributed by atoms with Gasteiger partial charge < -0.3 is 5.32 Å². The third-order valence-electron chi connectivity index (χ3n) is 4.88. The lowest BCUT2D eigenvalue weighted by Crippen LogP contribution is -2.62. The van der Waals surface area contributed by atoms with Gasteiger partial charge in [0.25, 0.3) is 5.82 Å². The van der Waals surface area contributed by atoms with Gasteiger partial charge >= 0.3 is 0 Å². The Balaban J connectivity index is 1.62. The summed E-state index contributed by atoms with van der Waals surface area (Å²) in [5.74, 6) is 0.924. The highest BCUT2D eigenvalue weighted by molar-refractivity contribution is 5.94. The molecule has 3 rings (SSSR count). The Bertz CT molecular complexity index is 685. The third kappa shape index (κ3) is 3.87. The second-order valence-corrected chi connectivity index (χ2v) is 6.27. The van der Waals surface area contributed by atoms with Gasteiger partial charge in [0.05, 0.1) is 26.2 Å². The minimum atomic E-state index is -0.192. The minimum absolute atomic E-state index is 0.0152. The van der Waals surface area contributed by atoms with Gasteiger partial charge in [-0.15, -0.1) is 4.65 Å². The second-order valence-electron chi connectivity index (χ2n) is 6.27. The van der Waals surface area contributed by atoms with E-state index in [4.69, 9.17) is 4.84 Å². The van der Waals surface area contributed by atoms with E-state index in [9.17, 15) is 4.79 Å². The number of amides is 1. The van der Waals surface area contributed by atoms with Crippen molar-refractivity contribution in [3.63, 3.8) is 0 Å². The van der Waals surface area contributed by atoms with Gasteiger partial charge in [-0.25, -0.2) is 4.98 Å². The van der Waals surface area contributed by atoms with Gasteiger partial charge in [-0.3, -0.25) is 9.69 Å². The maximum Gasteiger partial charge on any atom is 0.260 e. The van der Waals surface area contributed by atoms with Crippen molar-refractivity contribution >= 4 is 17.4 Å². The molecule has 1 atom stereocenters. The standard InChI is InChI=1S/C19H24N4O2/c1-16(19(24)21-17-8-4-3-5-9-17)22-12-14-23(25-2,15-13-22)18-10-6-7-11-20-18/h3-11,16H,12-15H2,1-2H3/p+1. The van der Waals surface area contributed by atoms with Gasteiger partial charge in [-0.2, -0.15) is 4.84 Å². The number of aromatic nitrogens is 1. The minimum Gasteiger partial charge on any atom is -0.325 e. The molecule has 1 saturated heterocycles. The number of benzene rings is 1. The van der Waals surface area contributed by atoms with E-state index in [0.29, 0.717) is 4.65 Å². The number of carbonyl (C=O) groups excluding carboxylic acids is 1. The van der Waals surface area contributed by atoms with Crippen molar-refractivity contribution < 1.29 is 9.63 Å². The van der Waals surface area contributed by atoms with E-state index in [1.54, 1.807) is 13.3 Å². The molecule has 6 nitrogen and oxygen atoms in total. The summed E-state index contributed by atoms with van der Waals surface area (Å²) in [6, 6.07) is 15.2. The highest BCUT2D eigenvalue weighted by Gasteiger charge is 2.40. The quantitative estimate of drug-likeness (QED) is 0.848. The molecule has 6 heteroatoms. The van der Waals surface area contributed by atoms with Crippen LogP contribution in [0, 0.1) is 0 Å². The fourth-order valence-corrected chi connectivity index (χ4v) is 3.22. The predicted molar refractivity (Wildman–Crippen MR) is 98.9 cm³/mol. The first-order chi connectivity index (χ1) is 12.1. The fourth-order valence-electron chi connectivity index (χ4n) is 3.22. The summed E-state index contributed by atoms with van der Waals surface area (Å²) in [5, 5.41) is 2.98. The number of nitrogens with zero attached hydrogens (tertiary/aromatic N) is 3. The molecule has 25 heavy (non-hydrogen) atoms. The number of piperazine rings is 1. The van der Waals surface area contributed by atoms with Crippen molar-refractivity contribution in [1.29, 1.82) is 0 Å². The molecule has 1 N–H and O–H groups in total. The summed E-state index contributed by atoms with van der Waals surface area (Å²) >= 11 is 0. The van der Waals surface area contributed by atoms with Gasteiger partial charge in [-0.05, 0) is 25.1 Å². The van der Waals surface area contributed by atoms with Crippen LogP contribution in [0.15, 0.2) is 54.7 Å². The average molecular weight is 341 g/mol. The highest BCUT2D eigenvalue weighted by Crippen LogP contribution is 2.24. The number of pyridine rings is 1. The molecular formula is C19H25N4O2+. The number of anilines is 1. The van der Waals surface area contributed by atoms with E-state index >= 15 is 0 Å². The molecule has 2 heterocycles. The van der Waals surface area contributed by atoms with E-state index in [-0.39, 0.29) is 11.9 Å². The third-order valence-corrected chi connectivity index (χ3v) is 4.88. The van der Waals surface area contributed by atoms with Crippen molar-refractivity contribution in [2.75, 3.05) is 38.6 Å². The van der Waals surface area contributed by atoms with Crippen molar-refractivity contribution in [1.82, 2.24) is 14.5 Å². The number of hydrogen-bond acceptors (Lipinski definition) is 4. The van der Waals surface area contributed by atoms with Crippen LogP contribution < -0.4 is 9.96 Å². The molecule has 1 aliphatic rings. The summed E-state index contributed by atoms with van der Waals surface area (Å²) in [5.41, 5.74) is 0.826. The Morgan fingerprint density at radius 1 is 1.16 bits per heavy atom. The summed E-state index contributed by atoms with van der Waals surface area (Å²) in [6.45, 7) is 5.01. The highest BCUT2D eigenvalue weighted by atomic mass is 16.7. The monoisotopic (exact) mass is 341 g/mol. The van der Waals surface area contributed by atoms with Crippen LogP contribution in [0.1, 0.15) is 6.92 Å². The van der Waals surface area contributed by atoms with Crippen molar-refractivity contribution in [2.45, 2.75) is 13.0 Å². The first-order valence-electron chi connectivity index (χ1n) is 8.59. The average Bonchev–Trinajstić information content (AvgIpc) is 2.69. The Morgan fingerprint density at radius 3 is 2.44 bits per heavy atom. The van der Waals surface area contributed by atoms with Crippen LogP contribution in [0.3, 0.4) is 0 Å². The maximum absolute atomic E-state index is 12.5. The Morgan fingerprint density at radius 2 is 1.84 bits per heavy atom. The largest absolute Gasteiger partial charge is 0.325 e. The van der Waals surface area contributed by atoms with E-state index < -0.39 is 0 Å². The molecule has 1 fully saturated rings. The second kappa shape index (κ2) is 7.74. The number of hydrogen-bond donors (Lipinski definition) is 1. The molecule has 132 valence electrons. The van der Waals surface area contributed by atoms with Gasteiger partial charge in [0, 0.05) is 18.0 Å². The van der Waals surface area contributed by atoms with E-state index in [2.05, 4.69) is 15.2 Å². The molecule has 0 spiro atoms. The number of para-hydroxylation sites is 1. The topological polar surface area (TPSA) is 54.5 Å². The lowest BCUT2D eigenvalue weighted by atomic mass is 10.2. The van der Waals surface area contributed by atoms with Gasteiger partial charge in [0.2, 0.25) is 5.91 Å². The molecule has 0 bridgehead atoms. The van der Waals surface area contributed by atoms with Crippen LogP contribution in [-0.2, 0) is 9.63 Å². The molecule has 2 aromatic rings. The lowest BCUT2D eigenvalue weighted by Gasteiger charge is -2.41. The summed E-state index contributed by atoms with van der Waals surface area (Å²) in [7, 11) is 1.72. The van der Waals surface area contributed by atoms with E-state index in [0.717, 1.165) is 37.7 Å². The van der Waals surface area contributed by atoms with Crippen LogP contribution >= 0.6 is 0 Å². The summed E-state index contributed by atoms with van der Waals surface area (Å²) < 4.78 is 0.393. The maximum atomic E-state index is 12.5. The van der Waals surface area contributed by atoms with E-state index in [1.807, 2.05) is 55.5 Å². The van der Waals surface area contributed by atoms with Crippen LogP contribution in [0.25, 0.3) is 0 Å². The lowest BCUT2D eigenvalue weighted by molar-refractivity contribution is -0.149. The van der Waals surface area contributed by atoms with Crippen LogP contribution in [0.2, 0.25) is 0 Å². The molecule has 1 amide bonds. The smallest absolute Gasteiger partial charge is 0.260 e. The molecule has 1 aliphatic heterocycles. The number of carbonyl (C=O) groups is 1. The first kappa shape index (κ1) is 17.5. The zero-order chi connectivity index (χ0) is 17.7. The zero-order valence-corrected chi connectivity index (χ0v) is 14.8. The normalized spacial score (nSPS) is 18.5. The molecule has 1 aromatic heterocycles. The molecular weight excluding hydrogens is 316 g/mol. The molecule has 0 radical (unpaired) electrons. The van der Waals surface area contributed by atoms with Crippen molar-refractivity contribution in [3.05, 3.63) is 54.7 Å².